The van der Waals surface area contributed by atoms with E-state index < -0.39 is 24.1 Å². The van der Waals surface area contributed by atoms with Crippen molar-refractivity contribution in [1.29, 1.82) is 0 Å². The van der Waals surface area contributed by atoms with Crippen molar-refractivity contribution in [2.45, 2.75) is 26.3 Å². The fourth-order valence-corrected chi connectivity index (χ4v) is 2.67. The van der Waals surface area contributed by atoms with Gasteiger partial charge in [-0.1, -0.05) is 23.2 Å². The van der Waals surface area contributed by atoms with Gasteiger partial charge >= 0.3 is 18.2 Å². The van der Waals surface area contributed by atoms with E-state index in [9.17, 15) is 18.4 Å². The van der Waals surface area contributed by atoms with Gasteiger partial charge in [0.15, 0.2) is 0 Å². The SMILES string of the molecule is Cc1nn(-c2cc(C(C)C(=O)O)c(Cl)cc2Cl)c(=O)n1C(F)F. The molecule has 10 heteroatoms. The third-order valence-corrected chi connectivity index (χ3v) is 3.94. The van der Waals surface area contributed by atoms with E-state index in [2.05, 4.69) is 5.10 Å². The predicted molar refractivity (Wildman–Crippen MR) is 79.9 cm³/mol. The zero-order chi connectivity index (χ0) is 17.5. The fourth-order valence-electron chi connectivity index (χ4n) is 2.04. The highest BCUT2D eigenvalue weighted by molar-refractivity contribution is 6.36. The van der Waals surface area contributed by atoms with Gasteiger partial charge in [-0.15, -0.1) is 5.10 Å². The van der Waals surface area contributed by atoms with E-state index in [0.29, 0.717) is 4.68 Å². The van der Waals surface area contributed by atoms with E-state index in [0.717, 1.165) is 0 Å². The molecule has 0 radical (unpaired) electrons. The molecule has 1 aromatic heterocycles. The first-order chi connectivity index (χ1) is 10.6. The van der Waals surface area contributed by atoms with Crippen LogP contribution in [0.3, 0.4) is 0 Å². The summed E-state index contributed by atoms with van der Waals surface area (Å²) in [6, 6.07) is 2.50. The summed E-state index contributed by atoms with van der Waals surface area (Å²) in [5, 5.41) is 12.9. The summed E-state index contributed by atoms with van der Waals surface area (Å²) in [5.41, 5.74) is -0.919. The summed E-state index contributed by atoms with van der Waals surface area (Å²) in [6.45, 7) is -0.415. The molecule has 0 aliphatic carbocycles. The van der Waals surface area contributed by atoms with Crippen LogP contribution in [0.2, 0.25) is 10.0 Å². The minimum absolute atomic E-state index is 0.0163. The maximum Gasteiger partial charge on any atom is 0.355 e. The molecular formula is C13H11Cl2F2N3O3. The van der Waals surface area contributed by atoms with Crippen molar-refractivity contribution in [3.8, 4) is 5.69 Å². The first kappa shape index (κ1) is 17.4. The Hall–Kier alpha value is -1.93. The Balaban J connectivity index is 2.70. The molecule has 0 fully saturated rings. The Morgan fingerprint density at radius 2 is 1.91 bits per heavy atom. The third kappa shape index (κ3) is 3.09. The summed E-state index contributed by atoms with van der Waals surface area (Å²) in [6.07, 6.45) is 0. The number of nitrogens with zero attached hydrogens (tertiary/aromatic N) is 3. The molecule has 124 valence electrons. The fraction of sp³-hybridized carbons (Fsp3) is 0.308. The highest BCUT2D eigenvalue weighted by Crippen LogP contribution is 2.32. The molecule has 1 aromatic carbocycles. The summed E-state index contributed by atoms with van der Waals surface area (Å²) < 4.78 is 26.6. The number of aryl methyl sites for hydroxylation is 1. The van der Waals surface area contributed by atoms with Crippen LogP contribution in [0, 0.1) is 6.92 Å². The van der Waals surface area contributed by atoms with Gasteiger partial charge in [-0.3, -0.25) is 4.79 Å². The van der Waals surface area contributed by atoms with Crippen molar-refractivity contribution in [3.63, 3.8) is 0 Å². The Morgan fingerprint density at radius 1 is 1.30 bits per heavy atom. The van der Waals surface area contributed by atoms with Gasteiger partial charge in [0.05, 0.1) is 16.6 Å². The largest absolute Gasteiger partial charge is 0.481 e. The van der Waals surface area contributed by atoms with E-state index in [-0.39, 0.29) is 31.7 Å². The number of benzene rings is 1. The Bertz CT molecular complexity index is 833. The molecule has 0 bridgehead atoms. The minimum atomic E-state index is -3.06. The van der Waals surface area contributed by atoms with Gasteiger partial charge < -0.3 is 5.11 Å². The molecule has 6 nitrogen and oxygen atoms in total. The number of carboxylic acid groups (broad SMARTS) is 1. The standard InChI is InChI=1S/C13H11Cl2F2N3O3/c1-5(11(21)22)7-3-10(9(15)4-8(7)14)20-13(23)19(12(16)17)6(2)18-20/h3-5,12H,1-2H3,(H,21,22). The van der Waals surface area contributed by atoms with Crippen molar-refractivity contribution in [2.75, 3.05) is 0 Å². The van der Waals surface area contributed by atoms with Crippen LogP contribution in [0.15, 0.2) is 16.9 Å². The average molecular weight is 366 g/mol. The second kappa shape index (κ2) is 6.29. The quantitative estimate of drug-likeness (QED) is 0.901. The van der Waals surface area contributed by atoms with E-state index in [1.54, 1.807) is 0 Å². The van der Waals surface area contributed by atoms with Crippen molar-refractivity contribution in [3.05, 3.63) is 44.1 Å². The van der Waals surface area contributed by atoms with Gasteiger partial charge in [-0.2, -0.15) is 13.5 Å². The minimum Gasteiger partial charge on any atom is -0.481 e. The van der Waals surface area contributed by atoms with Crippen LogP contribution in [0.1, 0.15) is 30.8 Å². The number of aromatic nitrogens is 3. The van der Waals surface area contributed by atoms with Crippen LogP contribution >= 0.6 is 23.2 Å². The number of rotatable bonds is 4. The van der Waals surface area contributed by atoms with E-state index in [1.165, 1.54) is 26.0 Å². The molecule has 1 heterocycles. The van der Waals surface area contributed by atoms with Crippen molar-refractivity contribution in [1.82, 2.24) is 14.3 Å². The topological polar surface area (TPSA) is 77.1 Å². The van der Waals surface area contributed by atoms with Crippen LogP contribution < -0.4 is 5.69 Å². The maximum absolute atomic E-state index is 12.9. The predicted octanol–water partition coefficient (Wildman–Crippen LogP) is 3.23. The lowest BCUT2D eigenvalue weighted by Crippen LogP contribution is -2.25. The zero-order valence-corrected chi connectivity index (χ0v) is 13.4. The lowest BCUT2D eigenvalue weighted by Gasteiger charge is -2.12. The monoisotopic (exact) mass is 365 g/mol. The van der Waals surface area contributed by atoms with Crippen LogP contribution in [-0.4, -0.2) is 25.4 Å². The highest BCUT2D eigenvalue weighted by atomic mass is 35.5. The number of aliphatic carboxylic acids is 1. The number of carboxylic acids is 1. The van der Waals surface area contributed by atoms with Crippen LogP contribution in [0.25, 0.3) is 5.69 Å². The molecule has 0 aliphatic rings. The summed E-state index contributed by atoms with van der Waals surface area (Å²) in [4.78, 5) is 23.2. The van der Waals surface area contributed by atoms with Gasteiger partial charge in [0.25, 0.3) is 0 Å². The summed E-state index contributed by atoms with van der Waals surface area (Å²) in [7, 11) is 0. The molecule has 0 saturated heterocycles. The molecule has 1 unspecified atom stereocenters. The molecule has 1 N–H and O–H groups in total. The summed E-state index contributed by atoms with van der Waals surface area (Å²) >= 11 is 12.0. The lowest BCUT2D eigenvalue weighted by molar-refractivity contribution is -0.138. The van der Waals surface area contributed by atoms with Crippen molar-refractivity contribution >= 4 is 29.2 Å². The number of halogens is 4. The highest BCUT2D eigenvalue weighted by Gasteiger charge is 2.23. The lowest BCUT2D eigenvalue weighted by atomic mass is 10.0. The van der Waals surface area contributed by atoms with Crippen molar-refractivity contribution < 1.29 is 18.7 Å². The smallest absolute Gasteiger partial charge is 0.355 e. The molecule has 0 aliphatic heterocycles. The molecule has 2 rings (SSSR count). The Labute approximate surface area is 138 Å². The summed E-state index contributed by atoms with van der Waals surface area (Å²) in [5.74, 6) is -2.32. The second-order valence-electron chi connectivity index (χ2n) is 4.77. The van der Waals surface area contributed by atoms with Crippen LogP contribution in [0.5, 0.6) is 0 Å². The molecule has 23 heavy (non-hydrogen) atoms. The Morgan fingerprint density at radius 3 is 2.39 bits per heavy atom. The van der Waals surface area contributed by atoms with Gasteiger partial charge in [0, 0.05) is 5.02 Å². The maximum atomic E-state index is 12.9. The molecule has 1 atom stereocenters. The molecular weight excluding hydrogens is 355 g/mol. The molecule has 2 aromatic rings. The Kier molecular flexibility index (Phi) is 4.76. The molecule has 0 saturated carbocycles. The van der Waals surface area contributed by atoms with Crippen molar-refractivity contribution in [2.24, 2.45) is 0 Å². The van der Waals surface area contributed by atoms with Gasteiger partial charge in [0.2, 0.25) is 0 Å². The third-order valence-electron chi connectivity index (χ3n) is 3.31. The number of carbonyl (C=O) groups is 1. The average Bonchev–Trinajstić information content (AvgIpc) is 2.73. The van der Waals surface area contributed by atoms with Crippen LogP contribution in [-0.2, 0) is 4.79 Å². The normalized spacial score (nSPS) is 12.7. The number of hydrogen-bond donors (Lipinski definition) is 1. The van der Waals surface area contributed by atoms with Gasteiger partial charge in [-0.25, -0.2) is 9.36 Å². The van der Waals surface area contributed by atoms with E-state index in [1.807, 2.05) is 0 Å². The molecule has 0 spiro atoms. The zero-order valence-electron chi connectivity index (χ0n) is 11.9. The number of hydrogen-bond acceptors (Lipinski definition) is 3. The van der Waals surface area contributed by atoms with Crippen LogP contribution in [0.4, 0.5) is 8.78 Å². The van der Waals surface area contributed by atoms with E-state index in [4.69, 9.17) is 28.3 Å². The van der Waals surface area contributed by atoms with E-state index >= 15 is 0 Å². The van der Waals surface area contributed by atoms with Gasteiger partial charge in [-0.05, 0) is 31.5 Å². The number of alkyl halides is 2. The van der Waals surface area contributed by atoms with Gasteiger partial charge in [0.1, 0.15) is 5.82 Å². The first-order valence-electron chi connectivity index (χ1n) is 6.33. The first-order valence-corrected chi connectivity index (χ1v) is 7.09. The second-order valence-corrected chi connectivity index (χ2v) is 5.59. The molecule has 0 amide bonds.